The normalized spacial score (nSPS) is 44.4. The first-order valence-corrected chi connectivity index (χ1v) is 14.9. The van der Waals surface area contributed by atoms with E-state index in [0.29, 0.717) is 12.8 Å². The second kappa shape index (κ2) is 10.7. The molecule has 0 saturated heterocycles. The molecular weight excluding hydrogens is 541 g/mol. The van der Waals surface area contributed by atoms with Crippen LogP contribution in [0, 0.1) is 28.6 Å². The summed E-state index contributed by atoms with van der Waals surface area (Å²) >= 11 is 0. The number of ketones is 1. The lowest BCUT2D eigenvalue weighted by molar-refractivity contribution is -0.235. The van der Waals surface area contributed by atoms with Gasteiger partial charge in [0.25, 0.3) is 0 Å². The highest BCUT2D eigenvalue weighted by atomic mass is 19.1. The molecular formula is C31H41F3O7. The number of esters is 1. The van der Waals surface area contributed by atoms with E-state index in [2.05, 4.69) is 0 Å². The van der Waals surface area contributed by atoms with Crippen molar-refractivity contribution in [1.29, 1.82) is 0 Å². The van der Waals surface area contributed by atoms with E-state index in [1.807, 2.05) is 0 Å². The van der Waals surface area contributed by atoms with E-state index < -0.39 is 83.0 Å². The summed E-state index contributed by atoms with van der Waals surface area (Å²) in [6.45, 7) is 3.26. The number of fused-ring (bicyclic) bond motifs is 5. The molecule has 228 valence electrons. The quantitative estimate of drug-likeness (QED) is 0.405. The van der Waals surface area contributed by atoms with Crippen molar-refractivity contribution < 1.29 is 46.9 Å². The molecule has 0 aliphatic heterocycles. The van der Waals surface area contributed by atoms with E-state index in [-0.39, 0.29) is 24.8 Å². The number of hydrogen-bond acceptors (Lipinski definition) is 7. The highest BCUT2D eigenvalue weighted by molar-refractivity contribution is 6.01. The summed E-state index contributed by atoms with van der Waals surface area (Å²) in [6.07, 6.45) is 4.47. The van der Waals surface area contributed by atoms with Crippen LogP contribution in [-0.4, -0.2) is 59.5 Å². The zero-order chi connectivity index (χ0) is 29.8. The van der Waals surface area contributed by atoms with Gasteiger partial charge in [-0.2, -0.15) is 0 Å². The molecule has 4 saturated carbocycles. The maximum Gasteiger partial charge on any atom is 0.509 e. The molecule has 1 N–H and O–H groups in total. The molecule has 0 spiro atoms. The van der Waals surface area contributed by atoms with E-state index in [0.717, 1.165) is 38.2 Å². The van der Waals surface area contributed by atoms with E-state index >= 15 is 8.78 Å². The van der Waals surface area contributed by atoms with Crippen molar-refractivity contribution in [2.24, 2.45) is 28.6 Å². The van der Waals surface area contributed by atoms with Crippen LogP contribution in [-0.2, 0) is 23.8 Å². The maximum absolute atomic E-state index is 17.5. The van der Waals surface area contributed by atoms with Gasteiger partial charge in [-0.1, -0.05) is 39.2 Å². The van der Waals surface area contributed by atoms with E-state index in [4.69, 9.17) is 14.2 Å². The Morgan fingerprint density at radius 1 is 1.07 bits per heavy atom. The van der Waals surface area contributed by atoms with Crippen molar-refractivity contribution in [3.63, 3.8) is 0 Å². The summed E-state index contributed by atoms with van der Waals surface area (Å²) in [4.78, 5) is 39.0. The molecule has 1 unspecified atom stereocenters. The lowest BCUT2D eigenvalue weighted by Gasteiger charge is -2.62. The number of halogens is 3. The molecule has 5 aliphatic carbocycles. The Balaban J connectivity index is 1.52. The van der Waals surface area contributed by atoms with Gasteiger partial charge in [0, 0.05) is 22.7 Å². The molecule has 0 bridgehead atoms. The number of carbonyl (C=O) groups is 3. The Labute approximate surface area is 238 Å². The van der Waals surface area contributed by atoms with Crippen LogP contribution in [0.3, 0.4) is 0 Å². The van der Waals surface area contributed by atoms with E-state index in [1.54, 1.807) is 13.8 Å². The lowest BCUT2D eigenvalue weighted by atomic mass is 9.44. The van der Waals surface area contributed by atoms with Crippen molar-refractivity contribution in [3.8, 4) is 0 Å². The Morgan fingerprint density at radius 3 is 2.39 bits per heavy atom. The molecule has 0 aromatic rings. The summed E-state index contributed by atoms with van der Waals surface area (Å²) < 4.78 is 63.1. The minimum absolute atomic E-state index is 0.0143. The van der Waals surface area contributed by atoms with Gasteiger partial charge in [0.05, 0.1) is 6.10 Å². The second-order valence-electron chi connectivity index (χ2n) is 13.2. The summed E-state index contributed by atoms with van der Waals surface area (Å²) in [6, 6.07) is 0. The minimum atomic E-state index is -2.37. The van der Waals surface area contributed by atoms with Crippen LogP contribution in [0.1, 0.15) is 85.0 Å². The number of carbonyl (C=O) groups excluding carboxylic acids is 3. The van der Waals surface area contributed by atoms with E-state index in [1.165, 1.54) is 19.1 Å². The molecule has 5 rings (SSSR count). The first-order valence-electron chi connectivity index (χ1n) is 14.9. The highest BCUT2D eigenvalue weighted by Crippen LogP contribution is 2.71. The number of ether oxygens (including phenoxy) is 3. The first-order chi connectivity index (χ1) is 19.3. The average molecular weight is 583 g/mol. The molecule has 41 heavy (non-hydrogen) atoms. The van der Waals surface area contributed by atoms with Gasteiger partial charge in [0.15, 0.2) is 11.5 Å². The third-order valence-corrected chi connectivity index (χ3v) is 11.2. The number of rotatable bonds is 4. The third-order valence-electron chi connectivity index (χ3n) is 11.2. The van der Waals surface area contributed by atoms with Gasteiger partial charge in [-0.25, -0.2) is 22.8 Å². The van der Waals surface area contributed by atoms with Crippen LogP contribution in [0.25, 0.3) is 0 Å². The topological polar surface area (TPSA) is 99.1 Å². The zero-order valence-electron chi connectivity index (χ0n) is 24.0. The Bertz CT molecular complexity index is 1130. The number of hydrogen-bond donors (Lipinski definition) is 1. The molecule has 4 fully saturated rings. The first kappa shape index (κ1) is 30.1. The molecule has 0 heterocycles. The van der Waals surface area contributed by atoms with Gasteiger partial charge in [0.2, 0.25) is 12.5 Å². The van der Waals surface area contributed by atoms with Gasteiger partial charge in [-0.3, -0.25) is 4.79 Å². The van der Waals surface area contributed by atoms with Crippen molar-refractivity contribution in [1.82, 2.24) is 0 Å². The van der Waals surface area contributed by atoms with Gasteiger partial charge in [-0.05, 0) is 75.5 Å². The third kappa shape index (κ3) is 4.37. The highest BCUT2D eigenvalue weighted by Gasteiger charge is 2.79. The molecule has 5 aliphatic rings. The van der Waals surface area contributed by atoms with Crippen LogP contribution in [0.15, 0.2) is 23.8 Å². The Kier molecular flexibility index (Phi) is 7.88. The van der Waals surface area contributed by atoms with Crippen LogP contribution in [0.5, 0.6) is 0 Å². The molecule has 0 radical (unpaired) electrons. The van der Waals surface area contributed by atoms with Crippen LogP contribution in [0.2, 0.25) is 0 Å². The van der Waals surface area contributed by atoms with E-state index in [9.17, 15) is 23.9 Å². The van der Waals surface area contributed by atoms with Crippen molar-refractivity contribution in [3.05, 3.63) is 23.8 Å². The molecule has 10 heteroatoms. The maximum atomic E-state index is 17.5. The monoisotopic (exact) mass is 582 g/mol. The molecule has 0 aromatic heterocycles. The number of allylic oxidation sites excluding steroid dienone is 4. The summed E-state index contributed by atoms with van der Waals surface area (Å²) in [5, 5.41) is 11.6. The average Bonchev–Trinajstić information content (AvgIpc) is 3.11. The molecule has 0 amide bonds. The molecule has 0 aromatic carbocycles. The number of aliphatic hydroxyl groups excluding tert-OH is 1. The summed E-state index contributed by atoms with van der Waals surface area (Å²) in [7, 11) is 0. The van der Waals surface area contributed by atoms with Crippen LogP contribution in [0.4, 0.5) is 18.0 Å². The minimum Gasteiger partial charge on any atom is -0.431 e. The second-order valence-corrected chi connectivity index (χ2v) is 13.2. The Hall–Kier alpha value is -2.36. The predicted octanol–water partition coefficient (Wildman–Crippen LogP) is 6.03. The Morgan fingerprint density at radius 2 is 1.73 bits per heavy atom. The van der Waals surface area contributed by atoms with Gasteiger partial charge in [-0.15, -0.1) is 0 Å². The van der Waals surface area contributed by atoms with Crippen LogP contribution >= 0.6 is 0 Å². The fraction of sp³-hybridized carbons (Fsp3) is 0.774. The molecule has 7 nitrogen and oxygen atoms in total. The lowest BCUT2D eigenvalue weighted by Crippen LogP contribution is -2.71. The summed E-state index contributed by atoms with van der Waals surface area (Å²) in [5.41, 5.74) is -7.51. The fourth-order valence-corrected chi connectivity index (χ4v) is 9.20. The predicted molar refractivity (Wildman–Crippen MR) is 142 cm³/mol. The largest absolute Gasteiger partial charge is 0.509 e. The number of alkyl halides is 3. The van der Waals surface area contributed by atoms with Crippen molar-refractivity contribution in [2.75, 3.05) is 6.86 Å². The number of aliphatic hydroxyl groups is 1. The fourth-order valence-electron chi connectivity index (χ4n) is 9.20. The van der Waals surface area contributed by atoms with Crippen molar-refractivity contribution >= 4 is 17.9 Å². The SMILES string of the molecule is C[C@@H]1C[C@H]2[C@@H]3C[C@H](F)C4=CC(=O)C=C[C@]4(C)C3(F)[C@@H](O)C[C@]2(C)[C@]1(OC(=O)OC1CCCCCCC1)C(=O)OCF. The van der Waals surface area contributed by atoms with Gasteiger partial charge >= 0.3 is 12.1 Å². The smallest absolute Gasteiger partial charge is 0.431 e. The van der Waals surface area contributed by atoms with Crippen LogP contribution < -0.4 is 0 Å². The standard InChI is InChI=1S/C31H41F3O7/c1-18-13-21-22-15-24(33)23-14-19(35)11-12-28(23,2)30(22,34)25(36)16-29(21,3)31(18,26(37)39-17-32)41-27(38)40-20-9-7-5-4-6-8-10-20/h11-12,14,18,20-22,24-25,36H,4-10,13,15-17H2,1-3H3/t18-,21+,22+,24+,25+,28+,29+,30?,31-/m1/s1. The van der Waals surface area contributed by atoms with Gasteiger partial charge in [0.1, 0.15) is 12.3 Å². The van der Waals surface area contributed by atoms with Crippen molar-refractivity contribution in [2.45, 2.75) is 115 Å². The summed E-state index contributed by atoms with van der Waals surface area (Å²) in [5.74, 6) is -4.19. The van der Waals surface area contributed by atoms with Gasteiger partial charge < -0.3 is 19.3 Å². The zero-order valence-corrected chi connectivity index (χ0v) is 24.0. The molecule has 9 atom stereocenters.